The molecule has 0 atom stereocenters. The first kappa shape index (κ1) is 19.2. The zero-order chi connectivity index (χ0) is 20.1. The van der Waals surface area contributed by atoms with E-state index < -0.39 is 24.3 Å². The number of esters is 1. The number of hydrogen-bond acceptors (Lipinski definition) is 5. The van der Waals surface area contributed by atoms with E-state index in [1.165, 1.54) is 12.3 Å². The summed E-state index contributed by atoms with van der Waals surface area (Å²) in [6, 6.07) is 11.2. The topological polar surface area (TPSA) is 86.1 Å². The van der Waals surface area contributed by atoms with Crippen molar-refractivity contribution in [1.82, 2.24) is 20.1 Å². The molecule has 0 aliphatic rings. The van der Waals surface area contributed by atoms with Gasteiger partial charge in [-0.1, -0.05) is 18.2 Å². The molecule has 0 unspecified atom stereocenters. The molecule has 1 N–H and O–H groups in total. The van der Waals surface area contributed by atoms with E-state index in [2.05, 4.69) is 15.4 Å². The van der Waals surface area contributed by atoms with Crippen molar-refractivity contribution in [2.75, 3.05) is 6.61 Å². The number of carbonyl (C=O) groups is 2. The Morgan fingerprint density at radius 2 is 1.96 bits per heavy atom. The average molecular weight is 382 g/mol. The minimum atomic E-state index is -0.673. The summed E-state index contributed by atoms with van der Waals surface area (Å²) in [5.74, 6) is -1.03. The minimum Gasteiger partial charge on any atom is -0.452 e. The van der Waals surface area contributed by atoms with Crippen LogP contribution in [-0.4, -0.2) is 33.2 Å². The first-order chi connectivity index (χ1) is 13.4. The highest BCUT2D eigenvalue weighted by atomic mass is 19.1. The predicted octanol–water partition coefficient (Wildman–Crippen LogP) is 2.50. The molecule has 2 aromatic heterocycles. The molecule has 0 spiro atoms. The monoisotopic (exact) mass is 382 g/mol. The number of ether oxygens (including phenoxy) is 1. The van der Waals surface area contributed by atoms with E-state index in [1.54, 1.807) is 35.0 Å². The molecular formula is C20H19FN4O3. The van der Waals surface area contributed by atoms with Crippen molar-refractivity contribution in [2.24, 2.45) is 0 Å². The van der Waals surface area contributed by atoms with Crippen LogP contribution in [0.4, 0.5) is 4.39 Å². The summed E-state index contributed by atoms with van der Waals surface area (Å²) < 4.78 is 20.1. The van der Waals surface area contributed by atoms with Crippen LogP contribution in [0.1, 0.15) is 27.3 Å². The summed E-state index contributed by atoms with van der Waals surface area (Å²) in [7, 11) is 0. The summed E-state index contributed by atoms with van der Waals surface area (Å²) in [4.78, 5) is 28.1. The minimum absolute atomic E-state index is 0.0158. The van der Waals surface area contributed by atoms with E-state index in [-0.39, 0.29) is 12.1 Å². The smallest absolute Gasteiger partial charge is 0.340 e. The number of rotatable bonds is 6. The van der Waals surface area contributed by atoms with E-state index in [0.29, 0.717) is 11.4 Å². The van der Waals surface area contributed by atoms with Gasteiger partial charge in [-0.3, -0.25) is 4.79 Å². The number of carbonyl (C=O) groups excluding carboxylic acids is 2. The third-order valence-corrected chi connectivity index (χ3v) is 3.98. The molecule has 0 bridgehead atoms. The van der Waals surface area contributed by atoms with Gasteiger partial charge in [0.05, 0.1) is 11.3 Å². The summed E-state index contributed by atoms with van der Waals surface area (Å²) in [5.41, 5.74) is 2.36. The van der Waals surface area contributed by atoms with Gasteiger partial charge in [0.25, 0.3) is 5.91 Å². The van der Waals surface area contributed by atoms with Crippen molar-refractivity contribution in [3.05, 3.63) is 77.0 Å². The van der Waals surface area contributed by atoms with Gasteiger partial charge in [0.15, 0.2) is 12.4 Å². The van der Waals surface area contributed by atoms with Gasteiger partial charge in [0, 0.05) is 24.0 Å². The lowest BCUT2D eigenvalue weighted by Gasteiger charge is -2.08. The number of amides is 1. The van der Waals surface area contributed by atoms with Gasteiger partial charge in [-0.2, -0.15) is 5.10 Å². The fourth-order valence-corrected chi connectivity index (χ4v) is 2.59. The summed E-state index contributed by atoms with van der Waals surface area (Å²) >= 11 is 0. The van der Waals surface area contributed by atoms with Gasteiger partial charge in [-0.25, -0.2) is 18.9 Å². The molecular weight excluding hydrogens is 363 g/mol. The second-order valence-corrected chi connectivity index (χ2v) is 6.19. The second-order valence-electron chi connectivity index (χ2n) is 6.19. The normalized spacial score (nSPS) is 10.5. The molecule has 1 amide bonds. The summed E-state index contributed by atoms with van der Waals surface area (Å²) in [6.45, 7) is 3.34. The molecule has 0 fully saturated rings. The molecule has 144 valence electrons. The molecule has 0 aliphatic carbocycles. The molecule has 2 heterocycles. The SMILES string of the molecule is Cc1cc(C)n(-c2ccc(C(=O)OCC(=O)NCc3ccccc3F)cn2)n1. The number of aryl methyl sites for hydroxylation is 2. The zero-order valence-corrected chi connectivity index (χ0v) is 15.5. The molecule has 28 heavy (non-hydrogen) atoms. The average Bonchev–Trinajstić information content (AvgIpc) is 3.03. The lowest BCUT2D eigenvalue weighted by atomic mass is 10.2. The maximum atomic E-state index is 13.5. The number of nitrogens with one attached hydrogen (secondary N) is 1. The molecule has 0 radical (unpaired) electrons. The van der Waals surface area contributed by atoms with Gasteiger partial charge >= 0.3 is 5.97 Å². The Labute approximate surface area is 161 Å². The van der Waals surface area contributed by atoms with Crippen LogP contribution in [0.25, 0.3) is 5.82 Å². The Kier molecular flexibility index (Phi) is 5.78. The van der Waals surface area contributed by atoms with Gasteiger partial charge < -0.3 is 10.1 Å². The fourth-order valence-electron chi connectivity index (χ4n) is 2.59. The molecule has 0 saturated heterocycles. The number of halogens is 1. The van der Waals surface area contributed by atoms with Crippen molar-refractivity contribution >= 4 is 11.9 Å². The van der Waals surface area contributed by atoms with E-state index in [4.69, 9.17) is 4.74 Å². The third-order valence-electron chi connectivity index (χ3n) is 3.98. The van der Waals surface area contributed by atoms with Crippen LogP contribution in [0.15, 0.2) is 48.7 Å². The Hall–Kier alpha value is -3.55. The van der Waals surface area contributed by atoms with Crippen molar-refractivity contribution in [3.8, 4) is 5.82 Å². The van der Waals surface area contributed by atoms with Gasteiger partial charge in [0.1, 0.15) is 5.82 Å². The van der Waals surface area contributed by atoms with Crippen LogP contribution in [0.2, 0.25) is 0 Å². The molecule has 1 aromatic carbocycles. The highest BCUT2D eigenvalue weighted by molar-refractivity contribution is 5.91. The maximum Gasteiger partial charge on any atom is 0.340 e. The Balaban J connectivity index is 1.52. The lowest BCUT2D eigenvalue weighted by Crippen LogP contribution is -2.28. The predicted molar refractivity (Wildman–Crippen MR) is 99.4 cm³/mol. The second kappa shape index (κ2) is 8.43. The van der Waals surface area contributed by atoms with Crippen molar-refractivity contribution in [2.45, 2.75) is 20.4 Å². The maximum absolute atomic E-state index is 13.5. The molecule has 8 heteroatoms. The van der Waals surface area contributed by atoms with Gasteiger partial charge in [0.2, 0.25) is 0 Å². The van der Waals surface area contributed by atoms with E-state index in [0.717, 1.165) is 11.4 Å². The van der Waals surface area contributed by atoms with Crippen LogP contribution in [0.3, 0.4) is 0 Å². The first-order valence-electron chi connectivity index (χ1n) is 8.61. The van der Waals surface area contributed by atoms with Crippen molar-refractivity contribution in [3.63, 3.8) is 0 Å². The Morgan fingerprint density at radius 3 is 2.61 bits per heavy atom. The molecule has 0 aliphatic heterocycles. The first-order valence-corrected chi connectivity index (χ1v) is 8.61. The fraction of sp³-hybridized carbons (Fsp3) is 0.200. The molecule has 3 rings (SSSR count). The Morgan fingerprint density at radius 1 is 1.18 bits per heavy atom. The van der Waals surface area contributed by atoms with Gasteiger partial charge in [-0.05, 0) is 38.1 Å². The summed E-state index contributed by atoms with van der Waals surface area (Å²) in [5, 5.41) is 6.83. The van der Waals surface area contributed by atoms with Crippen LogP contribution in [-0.2, 0) is 16.1 Å². The summed E-state index contributed by atoms with van der Waals surface area (Å²) in [6.07, 6.45) is 1.37. The Bertz CT molecular complexity index is 999. The highest BCUT2D eigenvalue weighted by Crippen LogP contribution is 2.11. The van der Waals surface area contributed by atoms with Crippen LogP contribution >= 0.6 is 0 Å². The van der Waals surface area contributed by atoms with Crippen LogP contribution in [0, 0.1) is 19.7 Å². The van der Waals surface area contributed by atoms with Crippen molar-refractivity contribution < 1.29 is 18.7 Å². The quantitative estimate of drug-likeness (QED) is 0.662. The number of aromatic nitrogens is 3. The number of pyridine rings is 1. The number of hydrogen-bond donors (Lipinski definition) is 1. The standard InChI is InChI=1S/C20H19FN4O3/c1-13-9-14(2)25(24-13)18-8-7-16(11-22-18)20(27)28-12-19(26)23-10-15-5-3-4-6-17(15)21/h3-9,11H,10,12H2,1-2H3,(H,23,26). The van der Waals surface area contributed by atoms with Crippen molar-refractivity contribution in [1.29, 1.82) is 0 Å². The molecule has 3 aromatic rings. The van der Waals surface area contributed by atoms with E-state index in [9.17, 15) is 14.0 Å². The largest absolute Gasteiger partial charge is 0.452 e. The van der Waals surface area contributed by atoms with Crippen LogP contribution in [0.5, 0.6) is 0 Å². The lowest BCUT2D eigenvalue weighted by molar-refractivity contribution is -0.124. The molecule has 0 saturated carbocycles. The van der Waals surface area contributed by atoms with E-state index in [1.807, 2.05) is 19.9 Å². The van der Waals surface area contributed by atoms with E-state index >= 15 is 0 Å². The highest BCUT2D eigenvalue weighted by Gasteiger charge is 2.12. The van der Waals surface area contributed by atoms with Crippen LogP contribution < -0.4 is 5.32 Å². The third kappa shape index (κ3) is 4.59. The van der Waals surface area contributed by atoms with Gasteiger partial charge in [-0.15, -0.1) is 0 Å². The zero-order valence-electron chi connectivity index (χ0n) is 15.5. The molecule has 7 nitrogen and oxygen atoms in total. The number of nitrogens with zero attached hydrogens (tertiary/aromatic N) is 3. The number of benzene rings is 1.